The lowest BCUT2D eigenvalue weighted by Gasteiger charge is -2.21. The first-order chi connectivity index (χ1) is 22.5. The summed E-state index contributed by atoms with van der Waals surface area (Å²) in [7, 11) is 0. The molecule has 0 saturated heterocycles. The molecule has 4 aromatic rings. The number of carbonyl (C=O) groups is 3. The van der Waals surface area contributed by atoms with Gasteiger partial charge in [-0.15, -0.1) is 0 Å². The van der Waals surface area contributed by atoms with Crippen LogP contribution in [-0.2, 0) is 16.1 Å². The number of amides is 3. The molecule has 0 aliphatic carbocycles. The largest absolute Gasteiger partial charge is 0.445 e. The van der Waals surface area contributed by atoms with Crippen LogP contribution in [0.2, 0.25) is 0 Å². The Morgan fingerprint density at radius 1 is 0.894 bits per heavy atom. The molecule has 1 heterocycles. The molecule has 0 bridgehead atoms. The molecule has 0 saturated carbocycles. The number of benzene rings is 3. The second-order valence-corrected chi connectivity index (χ2v) is 12.8. The highest BCUT2D eigenvalue weighted by Gasteiger charge is 2.18. The van der Waals surface area contributed by atoms with Gasteiger partial charge in [-0.05, 0) is 98.0 Å². The van der Waals surface area contributed by atoms with E-state index in [0.29, 0.717) is 40.6 Å². The number of hydrogen-bond donors (Lipinski definition) is 3. The SMILES string of the molecule is CC(C)(C)OC(=O)NCCCC[C@@H](NC(=O)OCc1ccccc1)c1ccc(-n2cc(I)c(NC(=O)c3ccccc3)nc2=O)cc1. The van der Waals surface area contributed by atoms with Gasteiger partial charge in [0.25, 0.3) is 5.91 Å². The average molecular weight is 752 g/mol. The van der Waals surface area contributed by atoms with Crippen molar-refractivity contribution in [2.75, 3.05) is 11.9 Å². The highest BCUT2D eigenvalue weighted by atomic mass is 127. The Balaban J connectivity index is 1.43. The van der Waals surface area contributed by atoms with Gasteiger partial charge < -0.3 is 25.4 Å². The summed E-state index contributed by atoms with van der Waals surface area (Å²) in [5, 5.41) is 8.41. The first-order valence-electron chi connectivity index (χ1n) is 15.2. The van der Waals surface area contributed by atoms with Crippen LogP contribution < -0.4 is 21.6 Å². The van der Waals surface area contributed by atoms with Crippen molar-refractivity contribution in [1.82, 2.24) is 20.2 Å². The normalized spacial score (nSPS) is 11.7. The smallest absolute Gasteiger partial charge is 0.407 e. The first-order valence-corrected chi connectivity index (χ1v) is 16.3. The zero-order valence-electron chi connectivity index (χ0n) is 26.5. The van der Waals surface area contributed by atoms with Crippen molar-refractivity contribution in [3.05, 3.63) is 122 Å². The van der Waals surface area contributed by atoms with Gasteiger partial charge in [-0.25, -0.2) is 14.4 Å². The number of rotatable bonds is 12. The average Bonchev–Trinajstić information content (AvgIpc) is 3.05. The fourth-order valence-corrected chi connectivity index (χ4v) is 5.08. The number of carbonyl (C=O) groups excluding carboxylic acids is 3. The number of nitrogens with one attached hydrogen (secondary N) is 3. The van der Waals surface area contributed by atoms with Crippen LogP contribution >= 0.6 is 22.6 Å². The quantitative estimate of drug-likeness (QED) is 0.108. The molecule has 0 aliphatic rings. The van der Waals surface area contributed by atoms with Crippen LogP contribution in [0.1, 0.15) is 67.6 Å². The molecule has 1 atom stereocenters. The molecule has 4 rings (SSSR count). The monoisotopic (exact) mass is 751 g/mol. The highest BCUT2D eigenvalue weighted by Crippen LogP contribution is 2.22. The molecule has 0 unspecified atom stereocenters. The fraction of sp³-hybridized carbons (Fsp3) is 0.286. The third kappa shape index (κ3) is 11.2. The Bertz CT molecular complexity index is 1710. The molecule has 246 valence electrons. The summed E-state index contributed by atoms with van der Waals surface area (Å²) < 4.78 is 12.7. The number of ether oxygens (including phenoxy) is 2. The van der Waals surface area contributed by atoms with Crippen molar-refractivity contribution in [1.29, 1.82) is 0 Å². The lowest BCUT2D eigenvalue weighted by molar-refractivity contribution is 0.0526. The van der Waals surface area contributed by atoms with Crippen molar-refractivity contribution in [2.24, 2.45) is 0 Å². The Hall–Kier alpha value is -4.72. The molecule has 1 aromatic heterocycles. The van der Waals surface area contributed by atoms with Crippen molar-refractivity contribution >= 4 is 46.5 Å². The zero-order chi connectivity index (χ0) is 33.8. The lowest BCUT2D eigenvalue weighted by atomic mass is 10.0. The van der Waals surface area contributed by atoms with Gasteiger partial charge in [0.15, 0.2) is 5.82 Å². The van der Waals surface area contributed by atoms with Crippen LogP contribution in [0.25, 0.3) is 5.69 Å². The summed E-state index contributed by atoms with van der Waals surface area (Å²) in [6, 6.07) is 24.9. The standard InChI is InChI=1S/C35H38IN5O6/c1-35(2,3)47-33(44)37-21-11-10-16-29(38-34(45)46-23-24-12-6-4-7-13-24)25-17-19-27(20-18-25)41-22-28(36)30(40-32(41)43)39-31(42)26-14-8-5-9-15-26/h4-9,12-15,17-20,22,29H,10-11,16,21,23H2,1-3H3,(H,37,44)(H,38,45)(H,39,40,42,43)/t29-/m1/s1. The number of hydrogen-bond acceptors (Lipinski definition) is 7. The maximum absolute atomic E-state index is 13.0. The minimum atomic E-state index is -0.578. The highest BCUT2D eigenvalue weighted by molar-refractivity contribution is 14.1. The Kier molecular flexibility index (Phi) is 12.5. The molecule has 3 N–H and O–H groups in total. The zero-order valence-corrected chi connectivity index (χ0v) is 28.7. The number of unbranched alkanes of at least 4 members (excludes halogenated alkanes) is 1. The topological polar surface area (TPSA) is 141 Å². The fourth-order valence-electron chi connectivity index (χ4n) is 4.55. The van der Waals surface area contributed by atoms with Crippen molar-refractivity contribution in [3.63, 3.8) is 0 Å². The molecule has 0 spiro atoms. The van der Waals surface area contributed by atoms with E-state index in [2.05, 4.69) is 20.9 Å². The molecule has 12 heteroatoms. The summed E-state index contributed by atoms with van der Waals surface area (Å²) >= 11 is 2.02. The molecule has 3 aromatic carbocycles. The Morgan fingerprint density at radius 2 is 1.55 bits per heavy atom. The van der Waals surface area contributed by atoms with Crippen LogP contribution in [0.3, 0.4) is 0 Å². The molecule has 3 amide bonds. The second-order valence-electron chi connectivity index (χ2n) is 11.7. The lowest BCUT2D eigenvalue weighted by Crippen LogP contribution is -2.33. The van der Waals surface area contributed by atoms with Gasteiger partial charge in [0.05, 0.1) is 15.3 Å². The maximum Gasteiger partial charge on any atom is 0.407 e. The summed E-state index contributed by atoms with van der Waals surface area (Å²) in [5.41, 5.74) is 1.57. The third-order valence-corrected chi connectivity index (χ3v) is 7.61. The van der Waals surface area contributed by atoms with E-state index in [1.165, 1.54) is 4.57 Å². The molecular formula is C35H38IN5O6. The van der Waals surface area contributed by atoms with Gasteiger partial charge >= 0.3 is 17.9 Å². The van der Waals surface area contributed by atoms with Crippen LogP contribution in [0.5, 0.6) is 0 Å². The first kappa shape index (κ1) is 35.1. The van der Waals surface area contributed by atoms with Crippen molar-refractivity contribution in [3.8, 4) is 5.69 Å². The van der Waals surface area contributed by atoms with E-state index < -0.39 is 23.5 Å². The van der Waals surface area contributed by atoms with Gasteiger partial charge in [-0.2, -0.15) is 4.98 Å². The van der Waals surface area contributed by atoms with E-state index in [-0.39, 0.29) is 24.4 Å². The van der Waals surface area contributed by atoms with E-state index in [9.17, 15) is 19.2 Å². The summed E-state index contributed by atoms with van der Waals surface area (Å²) in [6.45, 7) is 5.98. The van der Waals surface area contributed by atoms with E-state index in [0.717, 1.165) is 11.1 Å². The molecule has 0 fully saturated rings. The van der Waals surface area contributed by atoms with Crippen molar-refractivity contribution in [2.45, 2.75) is 58.3 Å². The van der Waals surface area contributed by atoms with Crippen LogP contribution in [0, 0.1) is 3.57 Å². The Morgan fingerprint density at radius 3 is 2.21 bits per heavy atom. The van der Waals surface area contributed by atoms with E-state index in [1.807, 2.05) is 71.1 Å². The maximum atomic E-state index is 13.0. The predicted octanol–water partition coefficient (Wildman–Crippen LogP) is 6.75. The summed E-state index contributed by atoms with van der Waals surface area (Å²) in [5.74, 6) is -0.185. The number of halogens is 1. The summed E-state index contributed by atoms with van der Waals surface area (Å²) in [4.78, 5) is 54.4. The van der Waals surface area contributed by atoms with E-state index >= 15 is 0 Å². The van der Waals surface area contributed by atoms with Gasteiger partial charge in [0.1, 0.15) is 12.2 Å². The van der Waals surface area contributed by atoms with Crippen LogP contribution in [0.15, 0.2) is 95.9 Å². The molecule has 0 aliphatic heterocycles. The van der Waals surface area contributed by atoms with Gasteiger partial charge in [0, 0.05) is 18.3 Å². The second kappa shape index (κ2) is 16.7. The number of aromatic nitrogens is 2. The Labute approximate surface area is 287 Å². The van der Waals surface area contributed by atoms with Gasteiger partial charge in [-0.1, -0.05) is 60.7 Å². The summed E-state index contributed by atoms with van der Waals surface area (Å²) in [6.07, 6.45) is 2.52. The van der Waals surface area contributed by atoms with Crippen molar-refractivity contribution < 1.29 is 23.9 Å². The van der Waals surface area contributed by atoms with Gasteiger partial charge in [0.2, 0.25) is 0 Å². The van der Waals surface area contributed by atoms with Crippen LogP contribution in [-0.4, -0.2) is 39.8 Å². The van der Waals surface area contributed by atoms with Gasteiger partial charge in [-0.3, -0.25) is 9.36 Å². The molecule has 47 heavy (non-hydrogen) atoms. The van der Waals surface area contributed by atoms with Crippen LogP contribution in [0.4, 0.5) is 15.4 Å². The predicted molar refractivity (Wildman–Crippen MR) is 188 cm³/mol. The van der Waals surface area contributed by atoms with E-state index in [4.69, 9.17) is 9.47 Å². The number of nitrogens with zero attached hydrogens (tertiary/aromatic N) is 2. The molecule has 11 nitrogen and oxygen atoms in total. The molecular weight excluding hydrogens is 713 g/mol. The third-order valence-electron chi connectivity index (χ3n) is 6.82. The number of alkyl carbamates (subject to hydrolysis) is 2. The molecule has 0 radical (unpaired) electrons. The van der Waals surface area contributed by atoms with E-state index in [1.54, 1.807) is 63.4 Å². The number of anilines is 1. The minimum absolute atomic E-state index is 0.133. The minimum Gasteiger partial charge on any atom is -0.445 e.